The van der Waals surface area contributed by atoms with Crippen LogP contribution in [0.1, 0.15) is 40.5 Å². The van der Waals surface area contributed by atoms with Gasteiger partial charge in [-0.25, -0.2) is 4.79 Å². The Bertz CT molecular complexity index is 739. The Morgan fingerprint density at radius 2 is 2.20 bits per heavy atom. The highest BCUT2D eigenvalue weighted by Crippen LogP contribution is 2.27. The fraction of sp³-hybridized carbons (Fsp3) is 0.688. The van der Waals surface area contributed by atoms with E-state index < -0.39 is 11.7 Å². The summed E-state index contributed by atoms with van der Waals surface area (Å²) in [5.74, 6) is 1.23. The number of fused-ring (bicyclic) bond motifs is 1. The van der Waals surface area contributed by atoms with Gasteiger partial charge in [-0.05, 0) is 62.1 Å². The Kier molecular flexibility index (Phi) is 4.73. The minimum atomic E-state index is -0.505. The second-order valence-electron chi connectivity index (χ2n) is 7.48. The molecule has 0 radical (unpaired) electrons. The van der Waals surface area contributed by atoms with Crippen LogP contribution in [0.5, 0.6) is 0 Å². The second kappa shape index (κ2) is 6.81. The van der Waals surface area contributed by atoms with Crippen LogP contribution in [0.4, 0.5) is 10.6 Å². The van der Waals surface area contributed by atoms with Crippen molar-refractivity contribution in [3.8, 4) is 0 Å². The maximum atomic E-state index is 12.0. The number of alkyl carbamates (subject to hydrolysis) is 1. The molecule has 0 spiro atoms. The van der Waals surface area contributed by atoms with Crippen molar-refractivity contribution in [2.45, 2.75) is 52.2 Å². The molecule has 1 amide bonds. The average molecular weight is 347 g/mol. The fourth-order valence-corrected chi connectivity index (χ4v) is 3.14. The first-order valence-electron chi connectivity index (χ1n) is 8.62. The van der Waals surface area contributed by atoms with Crippen molar-refractivity contribution in [3.63, 3.8) is 0 Å². The van der Waals surface area contributed by atoms with Crippen molar-refractivity contribution in [1.29, 1.82) is 0 Å². The van der Waals surface area contributed by atoms with Gasteiger partial charge in [0.05, 0.1) is 6.04 Å². The number of anilines is 1. The van der Waals surface area contributed by atoms with Gasteiger partial charge in [-0.1, -0.05) is 6.92 Å². The number of carbonyl (C=O) groups is 1. The molecule has 3 rings (SSSR count). The molecule has 136 valence electrons. The van der Waals surface area contributed by atoms with Crippen molar-refractivity contribution in [3.05, 3.63) is 12.1 Å². The molecular weight excluding hydrogens is 322 g/mol. The normalized spacial score (nSPS) is 21.4. The molecule has 0 saturated carbocycles. The number of tetrazole rings is 1. The SMILES string of the molecule is CC1CCCN(c2ccc3nnnn3n2)C1CNC(=O)OC(C)(C)C. The van der Waals surface area contributed by atoms with Crippen molar-refractivity contribution in [1.82, 2.24) is 30.6 Å². The monoisotopic (exact) mass is 347 g/mol. The third-order valence-electron chi connectivity index (χ3n) is 4.32. The lowest BCUT2D eigenvalue weighted by Gasteiger charge is -2.40. The van der Waals surface area contributed by atoms with Crippen LogP contribution in [0.25, 0.3) is 5.65 Å². The van der Waals surface area contributed by atoms with Crippen LogP contribution in [0, 0.1) is 5.92 Å². The lowest BCUT2D eigenvalue weighted by Crippen LogP contribution is -2.51. The molecule has 2 aromatic rings. The predicted octanol–water partition coefficient (Wildman–Crippen LogP) is 1.65. The molecule has 0 aromatic carbocycles. The van der Waals surface area contributed by atoms with Crippen molar-refractivity contribution in [2.75, 3.05) is 18.0 Å². The van der Waals surface area contributed by atoms with Gasteiger partial charge in [0.2, 0.25) is 0 Å². The number of hydrogen-bond acceptors (Lipinski definition) is 7. The van der Waals surface area contributed by atoms with Gasteiger partial charge in [0.1, 0.15) is 5.60 Å². The second-order valence-corrected chi connectivity index (χ2v) is 7.48. The largest absolute Gasteiger partial charge is 0.444 e. The number of aromatic nitrogens is 5. The molecule has 2 aromatic heterocycles. The highest BCUT2D eigenvalue weighted by atomic mass is 16.6. The summed E-state index contributed by atoms with van der Waals surface area (Å²) in [5.41, 5.74) is 0.103. The Hall–Kier alpha value is -2.45. The maximum Gasteiger partial charge on any atom is 0.407 e. The zero-order valence-corrected chi connectivity index (χ0v) is 15.1. The number of carbonyl (C=O) groups excluding carboxylic acids is 1. The van der Waals surface area contributed by atoms with E-state index in [-0.39, 0.29) is 6.04 Å². The van der Waals surface area contributed by atoms with E-state index in [4.69, 9.17) is 4.74 Å². The van der Waals surface area contributed by atoms with Crippen LogP contribution in [0.15, 0.2) is 12.1 Å². The number of nitrogens with zero attached hydrogens (tertiary/aromatic N) is 6. The molecule has 3 heterocycles. The van der Waals surface area contributed by atoms with Gasteiger partial charge in [0.25, 0.3) is 0 Å². The highest BCUT2D eigenvalue weighted by molar-refractivity contribution is 5.67. The summed E-state index contributed by atoms with van der Waals surface area (Å²) in [7, 11) is 0. The van der Waals surface area contributed by atoms with E-state index in [1.807, 2.05) is 32.9 Å². The van der Waals surface area contributed by atoms with Crippen molar-refractivity contribution < 1.29 is 9.53 Å². The zero-order valence-electron chi connectivity index (χ0n) is 15.1. The number of nitrogens with one attached hydrogen (secondary N) is 1. The molecule has 2 unspecified atom stereocenters. The van der Waals surface area contributed by atoms with Crippen LogP contribution in [-0.2, 0) is 4.74 Å². The Balaban J connectivity index is 1.73. The van der Waals surface area contributed by atoms with E-state index in [9.17, 15) is 4.79 Å². The molecule has 1 saturated heterocycles. The van der Waals surface area contributed by atoms with Gasteiger partial charge in [0, 0.05) is 13.1 Å². The summed E-state index contributed by atoms with van der Waals surface area (Å²) in [5, 5.41) is 18.8. The maximum absolute atomic E-state index is 12.0. The molecule has 0 bridgehead atoms. The van der Waals surface area contributed by atoms with Crippen LogP contribution in [0.3, 0.4) is 0 Å². The first-order chi connectivity index (χ1) is 11.8. The van der Waals surface area contributed by atoms with Crippen LogP contribution in [-0.4, -0.2) is 56.1 Å². The molecule has 0 aliphatic carbocycles. The van der Waals surface area contributed by atoms with Gasteiger partial charge in [-0.3, -0.25) is 0 Å². The van der Waals surface area contributed by atoms with E-state index in [2.05, 4.69) is 37.8 Å². The Labute approximate surface area is 146 Å². The highest BCUT2D eigenvalue weighted by Gasteiger charge is 2.30. The van der Waals surface area contributed by atoms with Crippen molar-refractivity contribution >= 4 is 17.6 Å². The first-order valence-corrected chi connectivity index (χ1v) is 8.62. The molecule has 25 heavy (non-hydrogen) atoms. The molecule has 1 aliphatic heterocycles. The minimum absolute atomic E-state index is 0.141. The molecule has 1 fully saturated rings. The van der Waals surface area contributed by atoms with E-state index in [1.165, 1.54) is 4.63 Å². The quantitative estimate of drug-likeness (QED) is 0.901. The molecule has 9 nitrogen and oxygen atoms in total. The fourth-order valence-electron chi connectivity index (χ4n) is 3.14. The van der Waals surface area contributed by atoms with Crippen LogP contribution in [0.2, 0.25) is 0 Å². The summed E-state index contributed by atoms with van der Waals surface area (Å²) in [6, 6.07) is 3.91. The molecule has 9 heteroatoms. The smallest absolute Gasteiger partial charge is 0.407 e. The van der Waals surface area contributed by atoms with Gasteiger partial charge < -0.3 is 15.0 Å². The molecule has 2 atom stereocenters. The number of rotatable bonds is 3. The summed E-state index contributed by atoms with van der Waals surface area (Å²) in [6.07, 6.45) is 1.80. The van der Waals surface area contributed by atoms with E-state index in [0.717, 1.165) is 25.2 Å². The number of piperidine rings is 1. The summed E-state index contributed by atoms with van der Waals surface area (Å²) < 4.78 is 6.76. The predicted molar refractivity (Wildman–Crippen MR) is 92.3 cm³/mol. The lowest BCUT2D eigenvalue weighted by atomic mass is 9.90. The van der Waals surface area contributed by atoms with Gasteiger partial charge in [-0.2, -0.15) is 0 Å². The summed E-state index contributed by atoms with van der Waals surface area (Å²) in [4.78, 5) is 14.2. The van der Waals surface area contributed by atoms with Crippen LogP contribution < -0.4 is 10.2 Å². The third-order valence-corrected chi connectivity index (χ3v) is 4.32. The summed E-state index contributed by atoms with van der Waals surface area (Å²) >= 11 is 0. The zero-order chi connectivity index (χ0) is 18.0. The van der Waals surface area contributed by atoms with E-state index in [0.29, 0.717) is 18.1 Å². The Morgan fingerprint density at radius 3 is 2.96 bits per heavy atom. The Morgan fingerprint density at radius 1 is 1.40 bits per heavy atom. The lowest BCUT2D eigenvalue weighted by molar-refractivity contribution is 0.0519. The average Bonchev–Trinajstić information content (AvgIpc) is 2.99. The van der Waals surface area contributed by atoms with Gasteiger partial charge in [-0.15, -0.1) is 14.8 Å². The molecule has 1 N–H and O–H groups in total. The van der Waals surface area contributed by atoms with E-state index in [1.54, 1.807) is 0 Å². The van der Waals surface area contributed by atoms with Crippen LogP contribution >= 0.6 is 0 Å². The minimum Gasteiger partial charge on any atom is -0.444 e. The van der Waals surface area contributed by atoms with E-state index >= 15 is 0 Å². The van der Waals surface area contributed by atoms with Crippen molar-refractivity contribution in [2.24, 2.45) is 5.92 Å². The van der Waals surface area contributed by atoms with Gasteiger partial charge >= 0.3 is 6.09 Å². The molecular formula is C16H25N7O2. The number of amides is 1. The standard InChI is InChI=1S/C16H25N7O2/c1-11-6-5-9-22(12(11)10-17-15(24)25-16(2,3)4)14-8-7-13-18-20-21-23(13)19-14/h7-8,11-12H,5-6,9-10H2,1-4H3,(H,17,24). The molecule has 1 aliphatic rings. The van der Waals surface area contributed by atoms with Gasteiger partial charge in [0.15, 0.2) is 11.5 Å². The topological polar surface area (TPSA) is 97.5 Å². The number of hydrogen-bond donors (Lipinski definition) is 1. The third kappa shape index (κ3) is 4.15. The summed E-state index contributed by atoms with van der Waals surface area (Å²) in [6.45, 7) is 9.15. The number of ether oxygens (including phenoxy) is 1. The first kappa shape index (κ1) is 17.4.